The zero-order valence-corrected chi connectivity index (χ0v) is 9.32. The molecule has 1 atom stereocenters. The molecule has 1 unspecified atom stereocenters. The topological polar surface area (TPSA) is 38.3 Å². The lowest BCUT2D eigenvalue weighted by atomic mass is 9.97. The molecule has 3 heteroatoms. The fourth-order valence-electron chi connectivity index (χ4n) is 1.85. The second-order valence-corrected chi connectivity index (χ2v) is 4.10. The molecule has 0 aliphatic carbocycles. The lowest BCUT2D eigenvalue weighted by molar-refractivity contribution is -0.111. The van der Waals surface area contributed by atoms with Gasteiger partial charge in [-0.05, 0) is 30.5 Å². The van der Waals surface area contributed by atoms with E-state index in [4.69, 9.17) is 4.74 Å². The number of nitrogens with one attached hydrogen (secondary N) is 1. The predicted molar refractivity (Wildman–Crippen MR) is 63.6 cm³/mol. The molecule has 0 fully saturated rings. The molecule has 0 aromatic heterocycles. The van der Waals surface area contributed by atoms with Crippen LogP contribution in [0.4, 0.5) is 5.69 Å². The highest BCUT2D eigenvalue weighted by Gasteiger charge is 2.19. The van der Waals surface area contributed by atoms with Gasteiger partial charge < -0.3 is 10.1 Å². The SMILES string of the molecule is C=CC(=O)Nc1cccc2c1CC(C)CO2. The van der Waals surface area contributed by atoms with Crippen molar-refractivity contribution >= 4 is 11.6 Å². The van der Waals surface area contributed by atoms with Crippen LogP contribution in [0.3, 0.4) is 0 Å². The molecule has 0 saturated heterocycles. The average Bonchev–Trinajstić information content (AvgIpc) is 2.29. The van der Waals surface area contributed by atoms with E-state index >= 15 is 0 Å². The Balaban J connectivity index is 2.31. The molecular formula is C13H15NO2. The Bertz CT molecular complexity index is 426. The molecule has 1 aliphatic rings. The number of carbonyl (C=O) groups excluding carboxylic acids is 1. The van der Waals surface area contributed by atoms with Gasteiger partial charge in [-0.2, -0.15) is 0 Å². The summed E-state index contributed by atoms with van der Waals surface area (Å²) in [6.45, 7) is 6.32. The molecule has 16 heavy (non-hydrogen) atoms. The number of rotatable bonds is 2. The van der Waals surface area contributed by atoms with Crippen LogP contribution >= 0.6 is 0 Å². The monoisotopic (exact) mass is 217 g/mol. The summed E-state index contributed by atoms with van der Waals surface area (Å²) in [5.74, 6) is 1.17. The maximum absolute atomic E-state index is 11.3. The molecule has 0 radical (unpaired) electrons. The lowest BCUT2D eigenvalue weighted by Crippen LogP contribution is -2.20. The first kappa shape index (κ1) is 10.7. The van der Waals surface area contributed by atoms with Gasteiger partial charge in [0.05, 0.1) is 6.61 Å². The summed E-state index contributed by atoms with van der Waals surface area (Å²) in [5.41, 5.74) is 1.91. The van der Waals surface area contributed by atoms with Crippen molar-refractivity contribution in [3.8, 4) is 5.75 Å². The minimum atomic E-state index is -0.188. The van der Waals surface area contributed by atoms with Crippen molar-refractivity contribution in [3.63, 3.8) is 0 Å². The summed E-state index contributed by atoms with van der Waals surface area (Å²) in [6, 6.07) is 5.71. The van der Waals surface area contributed by atoms with E-state index in [1.807, 2.05) is 18.2 Å². The van der Waals surface area contributed by atoms with Gasteiger partial charge in [0.1, 0.15) is 5.75 Å². The lowest BCUT2D eigenvalue weighted by Gasteiger charge is -2.24. The first-order valence-electron chi connectivity index (χ1n) is 5.39. The standard InChI is InChI=1S/C13H15NO2/c1-3-13(15)14-11-5-4-6-12-10(11)7-9(2)8-16-12/h3-6,9H,1,7-8H2,2H3,(H,14,15). The van der Waals surface area contributed by atoms with Crippen LogP contribution in [-0.4, -0.2) is 12.5 Å². The molecular weight excluding hydrogens is 202 g/mol. The normalized spacial score (nSPS) is 18.2. The minimum Gasteiger partial charge on any atom is -0.493 e. The van der Waals surface area contributed by atoms with Crippen molar-refractivity contribution in [1.29, 1.82) is 0 Å². The number of ether oxygens (including phenoxy) is 1. The Morgan fingerprint density at radius 3 is 3.19 bits per heavy atom. The number of fused-ring (bicyclic) bond motifs is 1. The Morgan fingerprint density at radius 2 is 2.44 bits per heavy atom. The van der Waals surface area contributed by atoms with Crippen LogP contribution in [-0.2, 0) is 11.2 Å². The van der Waals surface area contributed by atoms with E-state index in [1.165, 1.54) is 6.08 Å². The largest absolute Gasteiger partial charge is 0.493 e. The van der Waals surface area contributed by atoms with E-state index in [1.54, 1.807) is 0 Å². The fourth-order valence-corrected chi connectivity index (χ4v) is 1.85. The quantitative estimate of drug-likeness (QED) is 0.772. The molecule has 0 spiro atoms. The Hall–Kier alpha value is -1.77. The van der Waals surface area contributed by atoms with E-state index < -0.39 is 0 Å². The highest BCUT2D eigenvalue weighted by molar-refractivity contribution is 5.99. The Morgan fingerprint density at radius 1 is 1.62 bits per heavy atom. The van der Waals surface area contributed by atoms with Crippen LogP contribution < -0.4 is 10.1 Å². The van der Waals surface area contributed by atoms with Crippen LogP contribution in [0.25, 0.3) is 0 Å². The molecule has 0 bridgehead atoms. The minimum absolute atomic E-state index is 0.188. The summed E-state index contributed by atoms with van der Waals surface area (Å²) >= 11 is 0. The van der Waals surface area contributed by atoms with Gasteiger partial charge in [0.2, 0.25) is 5.91 Å². The van der Waals surface area contributed by atoms with Crippen LogP contribution in [0.5, 0.6) is 5.75 Å². The molecule has 1 aromatic carbocycles. The summed E-state index contributed by atoms with van der Waals surface area (Å²) in [7, 11) is 0. The third-order valence-corrected chi connectivity index (χ3v) is 2.65. The Kier molecular flexibility index (Phi) is 2.95. The second kappa shape index (κ2) is 4.39. The average molecular weight is 217 g/mol. The fraction of sp³-hybridized carbons (Fsp3) is 0.308. The highest BCUT2D eigenvalue weighted by Crippen LogP contribution is 2.32. The molecule has 1 amide bonds. The van der Waals surface area contributed by atoms with Gasteiger partial charge in [0, 0.05) is 11.3 Å². The van der Waals surface area contributed by atoms with E-state index in [2.05, 4.69) is 18.8 Å². The summed E-state index contributed by atoms with van der Waals surface area (Å²) in [6.07, 6.45) is 2.20. The first-order chi connectivity index (χ1) is 7.70. The van der Waals surface area contributed by atoms with Crippen molar-refractivity contribution in [3.05, 3.63) is 36.4 Å². The van der Waals surface area contributed by atoms with Crippen LogP contribution in [0, 0.1) is 5.92 Å². The molecule has 3 nitrogen and oxygen atoms in total. The summed E-state index contributed by atoms with van der Waals surface area (Å²) in [4.78, 5) is 11.3. The van der Waals surface area contributed by atoms with Crippen molar-refractivity contribution in [1.82, 2.24) is 0 Å². The van der Waals surface area contributed by atoms with Crippen LogP contribution in [0.15, 0.2) is 30.9 Å². The second-order valence-electron chi connectivity index (χ2n) is 4.10. The van der Waals surface area contributed by atoms with E-state index in [9.17, 15) is 4.79 Å². The van der Waals surface area contributed by atoms with Crippen molar-refractivity contribution < 1.29 is 9.53 Å². The molecule has 0 saturated carbocycles. The van der Waals surface area contributed by atoms with Gasteiger partial charge in [0.25, 0.3) is 0 Å². The van der Waals surface area contributed by atoms with E-state index in [-0.39, 0.29) is 5.91 Å². The summed E-state index contributed by atoms with van der Waals surface area (Å²) in [5, 5.41) is 2.80. The number of amides is 1. The van der Waals surface area contributed by atoms with Crippen molar-refractivity contribution in [2.24, 2.45) is 5.92 Å². The molecule has 2 rings (SSSR count). The maximum Gasteiger partial charge on any atom is 0.247 e. The van der Waals surface area contributed by atoms with Gasteiger partial charge in [-0.1, -0.05) is 19.6 Å². The molecule has 1 aliphatic heterocycles. The van der Waals surface area contributed by atoms with Crippen molar-refractivity contribution in [2.75, 3.05) is 11.9 Å². The first-order valence-corrected chi connectivity index (χ1v) is 5.39. The van der Waals surface area contributed by atoms with Gasteiger partial charge in [-0.25, -0.2) is 0 Å². The third-order valence-electron chi connectivity index (χ3n) is 2.65. The molecule has 1 N–H and O–H groups in total. The number of carbonyl (C=O) groups is 1. The Labute approximate surface area is 95.1 Å². The number of hydrogen-bond acceptors (Lipinski definition) is 2. The molecule has 84 valence electrons. The maximum atomic E-state index is 11.3. The zero-order chi connectivity index (χ0) is 11.5. The van der Waals surface area contributed by atoms with E-state index in [0.29, 0.717) is 5.92 Å². The van der Waals surface area contributed by atoms with Gasteiger partial charge in [-0.15, -0.1) is 0 Å². The highest BCUT2D eigenvalue weighted by atomic mass is 16.5. The van der Waals surface area contributed by atoms with Gasteiger partial charge in [0.15, 0.2) is 0 Å². The predicted octanol–water partition coefficient (Wildman–Crippen LogP) is 2.38. The molecule has 1 heterocycles. The van der Waals surface area contributed by atoms with Crippen molar-refractivity contribution in [2.45, 2.75) is 13.3 Å². The smallest absolute Gasteiger partial charge is 0.247 e. The number of anilines is 1. The molecule has 1 aromatic rings. The third kappa shape index (κ3) is 2.08. The zero-order valence-electron chi connectivity index (χ0n) is 9.32. The van der Waals surface area contributed by atoms with Gasteiger partial charge in [-0.3, -0.25) is 4.79 Å². The number of benzene rings is 1. The van der Waals surface area contributed by atoms with Gasteiger partial charge >= 0.3 is 0 Å². The summed E-state index contributed by atoms with van der Waals surface area (Å²) < 4.78 is 5.61. The van der Waals surface area contributed by atoms with Crippen LogP contribution in [0.2, 0.25) is 0 Å². The van der Waals surface area contributed by atoms with Crippen LogP contribution in [0.1, 0.15) is 12.5 Å². The van der Waals surface area contributed by atoms with E-state index in [0.717, 1.165) is 30.0 Å². The number of hydrogen-bond donors (Lipinski definition) is 1.